The zero-order chi connectivity index (χ0) is 18.6. The summed E-state index contributed by atoms with van der Waals surface area (Å²) >= 11 is 6.68. The first-order valence-electron chi connectivity index (χ1n) is 7.18. The molecule has 0 aliphatic carbocycles. The SMILES string of the molecule is Cc1cc(C)nc(SCC(=O)NC(C(=O)O)c2ccc(Cl)c(F)c2)n1. The molecule has 1 heterocycles. The van der Waals surface area contributed by atoms with Crippen LogP contribution in [-0.4, -0.2) is 32.7 Å². The van der Waals surface area contributed by atoms with E-state index in [-0.39, 0.29) is 16.3 Å². The molecular formula is C16H15ClFN3O3S. The Morgan fingerprint density at radius 1 is 1.28 bits per heavy atom. The third kappa shape index (κ3) is 5.40. The molecule has 0 bridgehead atoms. The van der Waals surface area contributed by atoms with E-state index < -0.39 is 23.7 Å². The van der Waals surface area contributed by atoms with Gasteiger partial charge in [-0.2, -0.15) is 0 Å². The van der Waals surface area contributed by atoms with Gasteiger partial charge in [0.1, 0.15) is 5.82 Å². The Hall–Kier alpha value is -2.19. The lowest BCUT2D eigenvalue weighted by Gasteiger charge is -2.15. The van der Waals surface area contributed by atoms with Crippen molar-refractivity contribution in [2.24, 2.45) is 0 Å². The minimum absolute atomic E-state index is 0.0667. The lowest BCUT2D eigenvalue weighted by atomic mass is 10.1. The Labute approximate surface area is 152 Å². The van der Waals surface area contributed by atoms with E-state index in [1.165, 1.54) is 12.1 Å². The number of nitrogens with one attached hydrogen (secondary N) is 1. The van der Waals surface area contributed by atoms with Gasteiger partial charge >= 0.3 is 5.97 Å². The van der Waals surface area contributed by atoms with E-state index in [4.69, 9.17) is 11.6 Å². The number of nitrogens with zero attached hydrogens (tertiary/aromatic N) is 2. The molecule has 0 aliphatic heterocycles. The van der Waals surface area contributed by atoms with Crippen LogP contribution in [0.1, 0.15) is 23.0 Å². The minimum atomic E-state index is -1.37. The predicted octanol–water partition coefficient (Wildman–Crippen LogP) is 2.92. The fourth-order valence-corrected chi connectivity index (χ4v) is 2.95. The number of hydrogen-bond donors (Lipinski definition) is 2. The standard InChI is InChI=1S/C16H15ClFN3O3S/c1-8-5-9(2)20-16(19-8)25-7-13(22)21-14(15(23)24)10-3-4-11(17)12(18)6-10/h3-6,14H,7H2,1-2H3,(H,21,22)(H,23,24). The van der Waals surface area contributed by atoms with Crippen LogP contribution >= 0.6 is 23.4 Å². The minimum Gasteiger partial charge on any atom is -0.479 e. The summed E-state index contributed by atoms with van der Waals surface area (Å²) in [6, 6.07) is 4.01. The van der Waals surface area contributed by atoms with Crippen molar-refractivity contribution < 1.29 is 19.1 Å². The topological polar surface area (TPSA) is 92.2 Å². The fourth-order valence-electron chi connectivity index (χ4n) is 2.07. The molecule has 1 aromatic heterocycles. The van der Waals surface area contributed by atoms with Gasteiger partial charge in [0, 0.05) is 11.4 Å². The molecule has 2 rings (SSSR count). The molecule has 1 aromatic carbocycles. The fraction of sp³-hybridized carbons (Fsp3) is 0.250. The Morgan fingerprint density at radius 2 is 1.92 bits per heavy atom. The summed E-state index contributed by atoms with van der Waals surface area (Å²) in [6.45, 7) is 3.63. The number of hydrogen-bond acceptors (Lipinski definition) is 5. The quantitative estimate of drug-likeness (QED) is 0.588. The predicted molar refractivity (Wildman–Crippen MR) is 92.2 cm³/mol. The lowest BCUT2D eigenvalue weighted by Crippen LogP contribution is -2.35. The van der Waals surface area contributed by atoms with E-state index in [0.717, 1.165) is 29.2 Å². The summed E-state index contributed by atoms with van der Waals surface area (Å²) in [5.41, 5.74) is 1.64. The average molecular weight is 384 g/mol. The van der Waals surface area contributed by atoms with Gasteiger partial charge in [-0.05, 0) is 37.6 Å². The highest BCUT2D eigenvalue weighted by Crippen LogP contribution is 2.21. The van der Waals surface area contributed by atoms with Crippen LogP contribution in [0.3, 0.4) is 0 Å². The Morgan fingerprint density at radius 3 is 2.48 bits per heavy atom. The van der Waals surface area contributed by atoms with Crippen molar-refractivity contribution in [2.45, 2.75) is 25.0 Å². The summed E-state index contributed by atoms with van der Waals surface area (Å²) < 4.78 is 13.5. The summed E-state index contributed by atoms with van der Waals surface area (Å²) in [5, 5.41) is 12.0. The number of aromatic nitrogens is 2. The van der Waals surface area contributed by atoms with Crippen LogP contribution in [0.2, 0.25) is 5.02 Å². The molecule has 0 spiro atoms. The molecule has 9 heteroatoms. The van der Waals surface area contributed by atoms with Crippen molar-refractivity contribution in [1.82, 2.24) is 15.3 Å². The van der Waals surface area contributed by atoms with Gasteiger partial charge in [0.25, 0.3) is 0 Å². The van der Waals surface area contributed by atoms with Crippen LogP contribution < -0.4 is 5.32 Å². The van der Waals surface area contributed by atoms with Gasteiger partial charge in [-0.3, -0.25) is 4.79 Å². The molecule has 2 N–H and O–H groups in total. The van der Waals surface area contributed by atoms with Crippen LogP contribution in [-0.2, 0) is 9.59 Å². The monoisotopic (exact) mass is 383 g/mol. The van der Waals surface area contributed by atoms with Gasteiger partial charge in [0.15, 0.2) is 11.2 Å². The molecule has 0 saturated carbocycles. The third-order valence-corrected chi connectivity index (χ3v) is 4.28. The van der Waals surface area contributed by atoms with Gasteiger partial charge < -0.3 is 10.4 Å². The largest absolute Gasteiger partial charge is 0.479 e. The molecule has 0 aliphatic rings. The Kier molecular flexibility index (Phi) is 6.33. The molecule has 0 radical (unpaired) electrons. The normalized spacial score (nSPS) is 11.8. The summed E-state index contributed by atoms with van der Waals surface area (Å²) in [4.78, 5) is 31.8. The number of aryl methyl sites for hydroxylation is 2. The zero-order valence-corrected chi connectivity index (χ0v) is 15.0. The summed E-state index contributed by atoms with van der Waals surface area (Å²) in [5.74, 6) is -2.65. The van der Waals surface area contributed by atoms with Crippen molar-refractivity contribution >= 4 is 35.2 Å². The zero-order valence-electron chi connectivity index (χ0n) is 13.4. The summed E-state index contributed by atoms with van der Waals surface area (Å²) in [7, 11) is 0. The number of amides is 1. The number of thioether (sulfide) groups is 1. The maximum atomic E-state index is 13.5. The lowest BCUT2D eigenvalue weighted by molar-refractivity contribution is -0.141. The Bertz CT molecular complexity index is 799. The highest BCUT2D eigenvalue weighted by Gasteiger charge is 2.23. The first kappa shape index (κ1) is 19.1. The van der Waals surface area contributed by atoms with Crippen molar-refractivity contribution in [1.29, 1.82) is 0 Å². The number of halogens is 2. The van der Waals surface area contributed by atoms with Gasteiger partial charge in [-0.1, -0.05) is 29.4 Å². The van der Waals surface area contributed by atoms with Crippen molar-refractivity contribution in [2.75, 3.05) is 5.75 Å². The van der Waals surface area contributed by atoms with Gasteiger partial charge in [-0.15, -0.1) is 0 Å². The first-order valence-corrected chi connectivity index (χ1v) is 8.55. The molecule has 1 unspecified atom stereocenters. The number of carbonyl (C=O) groups excluding carboxylic acids is 1. The Balaban J connectivity index is 2.05. The molecule has 2 aromatic rings. The molecule has 1 amide bonds. The van der Waals surface area contributed by atoms with E-state index in [1.54, 1.807) is 6.07 Å². The highest BCUT2D eigenvalue weighted by atomic mass is 35.5. The van der Waals surface area contributed by atoms with Gasteiger partial charge in [0.05, 0.1) is 10.8 Å². The maximum Gasteiger partial charge on any atom is 0.330 e. The van der Waals surface area contributed by atoms with Crippen molar-refractivity contribution in [3.63, 3.8) is 0 Å². The van der Waals surface area contributed by atoms with Crippen molar-refractivity contribution in [3.8, 4) is 0 Å². The van der Waals surface area contributed by atoms with E-state index >= 15 is 0 Å². The molecule has 132 valence electrons. The van der Waals surface area contributed by atoms with E-state index in [1.807, 2.05) is 13.8 Å². The van der Waals surface area contributed by atoms with Crippen LogP contribution in [0.25, 0.3) is 0 Å². The number of rotatable bonds is 6. The number of carbonyl (C=O) groups is 2. The third-order valence-electron chi connectivity index (χ3n) is 3.12. The molecule has 1 atom stereocenters. The highest BCUT2D eigenvalue weighted by molar-refractivity contribution is 7.99. The van der Waals surface area contributed by atoms with Crippen LogP contribution in [0.5, 0.6) is 0 Å². The number of benzene rings is 1. The smallest absolute Gasteiger partial charge is 0.330 e. The average Bonchev–Trinajstić information content (AvgIpc) is 2.52. The van der Waals surface area contributed by atoms with Gasteiger partial charge in [0.2, 0.25) is 5.91 Å². The van der Waals surface area contributed by atoms with E-state index in [9.17, 15) is 19.1 Å². The number of aliphatic carboxylic acids is 1. The molecule has 0 fully saturated rings. The first-order chi connectivity index (χ1) is 11.8. The molecule has 0 saturated heterocycles. The van der Waals surface area contributed by atoms with Crippen LogP contribution in [0, 0.1) is 19.7 Å². The van der Waals surface area contributed by atoms with E-state index in [2.05, 4.69) is 15.3 Å². The molecular weight excluding hydrogens is 369 g/mol. The maximum absolute atomic E-state index is 13.5. The van der Waals surface area contributed by atoms with E-state index in [0.29, 0.717) is 5.16 Å². The van der Waals surface area contributed by atoms with Crippen LogP contribution in [0.4, 0.5) is 4.39 Å². The van der Waals surface area contributed by atoms with Crippen LogP contribution in [0.15, 0.2) is 29.4 Å². The second kappa shape index (κ2) is 8.26. The number of carboxylic acid groups (broad SMARTS) is 1. The second-order valence-electron chi connectivity index (χ2n) is 5.23. The molecule has 25 heavy (non-hydrogen) atoms. The second-order valence-corrected chi connectivity index (χ2v) is 6.58. The molecule has 6 nitrogen and oxygen atoms in total. The van der Waals surface area contributed by atoms with Gasteiger partial charge in [-0.25, -0.2) is 19.2 Å². The summed E-state index contributed by atoms with van der Waals surface area (Å²) in [6.07, 6.45) is 0. The van der Waals surface area contributed by atoms with Crippen molar-refractivity contribution in [3.05, 3.63) is 52.1 Å². The number of carboxylic acids is 1.